The Bertz CT molecular complexity index is 1080. The first kappa shape index (κ1) is 17.7. The molecule has 9 heteroatoms. The second-order valence-corrected chi connectivity index (χ2v) is 7.61. The van der Waals surface area contributed by atoms with Gasteiger partial charge in [0.25, 0.3) is 5.88 Å². The summed E-state index contributed by atoms with van der Waals surface area (Å²) in [5.74, 6) is -1.22. The molecule has 7 nitrogen and oxygen atoms in total. The van der Waals surface area contributed by atoms with Crippen LogP contribution in [0.15, 0.2) is 47.4 Å². The van der Waals surface area contributed by atoms with Crippen LogP contribution in [0.2, 0.25) is 0 Å². The predicted octanol–water partition coefficient (Wildman–Crippen LogP) is 3.01. The van der Waals surface area contributed by atoms with Crippen molar-refractivity contribution in [1.82, 2.24) is 15.4 Å². The van der Waals surface area contributed by atoms with Gasteiger partial charge in [-0.3, -0.25) is 9.89 Å². The zero-order chi connectivity index (χ0) is 18.9. The Hall–Kier alpha value is -3.07. The second kappa shape index (κ2) is 6.68. The van der Waals surface area contributed by atoms with Gasteiger partial charge in [0.05, 0.1) is 4.90 Å². The van der Waals surface area contributed by atoms with Gasteiger partial charge in [-0.05, 0) is 35.4 Å². The van der Waals surface area contributed by atoms with E-state index in [1.807, 2.05) is 0 Å². The minimum atomic E-state index is -3.29. The Morgan fingerprint density at radius 3 is 2.35 bits per heavy atom. The average Bonchev–Trinajstić information content (AvgIpc) is 3.04. The Labute approximate surface area is 148 Å². The van der Waals surface area contributed by atoms with E-state index in [0.717, 1.165) is 6.26 Å². The molecule has 0 radical (unpaired) electrons. The Morgan fingerprint density at radius 2 is 1.77 bits per heavy atom. The zero-order valence-electron chi connectivity index (χ0n) is 13.9. The van der Waals surface area contributed by atoms with Gasteiger partial charge in [-0.2, -0.15) is 0 Å². The van der Waals surface area contributed by atoms with E-state index in [2.05, 4.69) is 15.4 Å². The van der Waals surface area contributed by atoms with Crippen LogP contribution in [0.4, 0.5) is 4.39 Å². The van der Waals surface area contributed by atoms with Crippen molar-refractivity contribution in [1.29, 1.82) is 0 Å². The molecule has 0 unspecified atom stereocenters. The summed E-state index contributed by atoms with van der Waals surface area (Å²) in [6, 6.07) is 10.4. The van der Waals surface area contributed by atoms with Crippen molar-refractivity contribution >= 4 is 15.6 Å². The lowest BCUT2D eigenvalue weighted by Crippen LogP contribution is -1.98. The molecular weight excluding hydrogens is 361 g/mol. The van der Waals surface area contributed by atoms with Gasteiger partial charge in [-0.25, -0.2) is 12.8 Å². The van der Waals surface area contributed by atoms with E-state index in [1.54, 1.807) is 18.2 Å². The minimum Gasteiger partial charge on any atom is -0.433 e. The standard InChI is InChI=1S/C17H14FN3O4S/c1-10(22)16-17(20-21-19-16)25-15-8-5-12(9-14(15)18)11-3-6-13(7-4-11)26(2,23)24/h3-9H,1-2H3,(H,19,20,21). The number of hydrogen-bond donors (Lipinski definition) is 1. The summed E-state index contributed by atoms with van der Waals surface area (Å²) in [6.45, 7) is 1.31. The molecule has 0 saturated carbocycles. The third-order valence-corrected chi connectivity index (χ3v) is 4.75. The van der Waals surface area contributed by atoms with Crippen molar-refractivity contribution in [3.05, 3.63) is 54.0 Å². The number of aromatic nitrogens is 3. The Morgan fingerprint density at radius 1 is 1.12 bits per heavy atom. The van der Waals surface area contributed by atoms with Gasteiger partial charge >= 0.3 is 0 Å². The molecule has 0 bridgehead atoms. The summed E-state index contributed by atoms with van der Waals surface area (Å²) in [6.07, 6.45) is 1.12. The fourth-order valence-corrected chi connectivity index (χ4v) is 2.91. The van der Waals surface area contributed by atoms with Crippen LogP contribution in [0.1, 0.15) is 17.4 Å². The highest BCUT2D eigenvalue weighted by atomic mass is 32.2. The first-order valence-electron chi connectivity index (χ1n) is 7.45. The molecule has 0 amide bonds. The third-order valence-electron chi connectivity index (χ3n) is 3.62. The number of aromatic amines is 1. The number of nitrogens with one attached hydrogen (secondary N) is 1. The summed E-state index contributed by atoms with van der Waals surface area (Å²) in [7, 11) is -3.29. The molecule has 0 spiro atoms. The van der Waals surface area contributed by atoms with E-state index < -0.39 is 15.7 Å². The van der Waals surface area contributed by atoms with Crippen LogP contribution < -0.4 is 4.74 Å². The van der Waals surface area contributed by atoms with Crippen molar-refractivity contribution in [3.8, 4) is 22.8 Å². The van der Waals surface area contributed by atoms with Crippen LogP contribution >= 0.6 is 0 Å². The van der Waals surface area contributed by atoms with Crippen molar-refractivity contribution in [3.63, 3.8) is 0 Å². The number of benzene rings is 2. The SMILES string of the molecule is CC(=O)c1[nH]nnc1Oc1ccc(-c2ccc(S(C)(=O)=O)cc2)cc1F. The number of carbonyl (C=O) groups excluding carboxylic acids is 1. The summed E-state index contributed by atoms with van der Waals surface area (Å²) >= 11 is 0. The van der Waals surface area contributed by atoms with Crippen molar-refractivity contribution in [2.45, 2.75) is 11.8 Å². The minimum absolute atomic E-state index is 0.0461. The number of hydrogen-bond acceptors (Lipinski definition) is 6. The van der Waals surface area contributed by atoms with Crippen LogP contribution in [0.5, 0.6) is 11.6 Å². The number of halogens is 1. The van der Waals surface area contributed by atoms with E-state index in [1.165, 1.54) is 31.2 Å². The van der Waals surface area contributed by atoms with Gasteiger partial charge in [0.15, 0.2) is 32.9 Å². The summed E-state index contributed by atoms with van der Waals surface area (Å²) < 4.78 is 42.7. The van der Waals surface area contributed by atoms with E-state index in [9.17, 15) is 17.6 Å². The Kier molecular flexibility index (Phi) is 4.56. The van der Waals surface area contributed by atoms with Gasteiger partial charge in [0.1, 0.15) is 0 Å². The number of nitrogens with zero attached hydrogens (tertiary/aromatic N) is 2. The molecule has 0 aliphatic carbocycles. The van der Waals surface area contributed by atoms with Crippen molar-refractivity contribution < 1.29 is 22.3 Å². The van der Waals surface area contributed by atoms with Gasteiger partial charge in [0.2, 0.25) is 0 Å². The monoisotopic (exact) mass is 375 g/mol. The maximum atomic E-state index is 14.4. The van der Waals surface area contributed by atoms with Crippen LogP contribution in [0.3, 0.4) is 0 Å². The molecule has 0 saturated heterocycles. The smallest absolute Gasteiger partial charge is 0.269 e. The second-order valence-electron chi connectivity index (χ2n) is 5.59. The summed E-state index contributed by atoms with van der Waals surface area (Å²) in [5.41, 5.74) is 1.24. The van der Waals surface area contributed by atoms with Crippen LogP contribution in [-0.4, -0.2) is 35.9 Å². The largest absolute Gasteiger partial charge is 0.433 e. The van der Waals surface area contributed by atoms with Gasteiger partial charge < -0.3 is 4.74 Å². The third kappa shape index (κ3) is 3.62. The van der Waals surface area contributed by atoms with E-state index in [-0.39, 0.29) is 28.0 Å². The van der Waals surface area contributed by atoms with Crippen LogP contribution in [-0.2, 0) is 9.84 Å². The van der Waals surface area contributed by atoms with Crippen LogP contribution in [0, 0.1) is 5.82 Å². The molecule has 3 aromatic rings. The number of H-pyrrole nitrogens is 1. The van der Waals surface area contributed by atoms with E-state index in [0.29, 0.717) is 11.1 Å². The topological polar surface area (TPSA) is 102 Å². The summed E-state index contributed by atoms with van der Waals surface area (Å²) in [4.78, 5) is 11.6. The lowest BCUT2D eigenvalue weighted by atomic mass is 10.1. The molecular formula is C17H14FN3O4S. The quantitative estimate of drug-likeness (QED) is 0.688. The van der Waals surface area contributed by atoms with Crippen molar-refractivity contribution in [2.75, 3.05) is 6.26 Å². The molecule has 1 heterocycles. The summed E-state index contributed by atoms with van der Waals surface area (Å²) in [5, 5.41) is 9.48. The number of sulfone groups is 1. The zero-order valence-corrected chi connectivity index (χ0v) is 14.7. The highest BCUT2D eigenvalue weighted by Gasteiger charge is 2.16. The highest BCUT2D eigenvalue weighted by molar-refractivity contribution is 7.90. The first-order chi connectivity index (χ1) is 12.3. The number of rotatable bonds is 5. The van der Waals surface area contributed by atoms with E-state index in [4.69, 9.17) is 4.74 Å². The number of Topliss-reactive ketones (excluding diaryl/α,β-unsaturated/α-hetero) is 1. The molecule has 0 atom stereocenters. The predicted molar refractivity (Wildman–Crippen MR) is 91.4 cm³/mol. The molecule has 1 aromatic heterocycles. The normalized spacial score (nSPS) is 11.3. The molecule has 2 aromatic carbocycles. The number of ether oxygens (including phenoxy) is 1. The van der Waals surface area contributed by atoms with Gasteiger partial charge in [-0.1, -0.05) is 28.5 Å². The number of carbonyl (C=O) groups is 1. The molecule has 3 rings (SSSR count). The lowest BCUT2D eigenvalue weighted by molar-refractivity contribution is 0.101. The first-order valence-corrected chi connectivity index (χ1v) is 9.35. The average molecular weight is 375 g/mol. The van der Waals surface area contributed by atoms with Crippen molar-refractivity contribution in [2.24, 2.45) is 0 Å². The fourth-order valence-electron chi connectivity index (χ4n) is 2.28. The highest BCUT2D eigenvalue weighted by Crippen LogP contribution is 2.29. The Balaban J connectivity index is 1.88. The maximum Gasteiger partial charge on any atom is 0.269 e. The van der Waals surface area contributed by atoms with E-state index >= 15 is 0 Å². The van der Waals surface area contributed by atoms with Gasteiger partial charge in [-0.15, -0.1) is 0 Å². The van der Waals surface area contributed by atoms with Crippen LogP contribution in [0.25, 0.3) is 11.1 Å². The fraction of sp³-hybridized carbons (Fsp3) is 0.118. The molecule has 0 aliphatic rings. The molecule has 26 heavy (non-hydrogen) atoms. The maximum absolute atomic E-state index is 14.4. The molecule has 1 N–H and O–H groups in total. The molecule has 0 aliphatic heterocycles. The molecule has 134 valence electrons. The van der Waals surface area contributed by atoms with Gasteiger partial charge in [0, 0.05) is 13.2 Å². The number of ketones is 1. The molecule has 0 fully saturated rings. The lowest BCUT2D eigenvalue weighted by Gasteiger charge is -2.08.